The smallest absolute Gasteiger partial charge is 0.269 e. The second-order valence-corrected chi connectivity index (χ2v) is 4.36. The van der Waals surface area contributed by atoms with E-state index in [-0.39, 0.29) is 11.9 Å². The average Bonchev–Trinajstić information content (AvgIpc) is 2.50. The van der Waals surface area contributed by atoms with Crippen LogP contribution < -0.4 is 5.32 Å². The average molecular weight is 220 g/mol. The summed E-state index contributed by atoms with van der Waals surface area (Å²) < 4.78 is 0. The van der Waals surface area contributed by atoms with Crippen LogP contribution in [0.4, 0.5) is 0 Å². The number of amides is 1. The van der Waals surface area contributed by atoms with Crippen LogP contribution in [0.5, 0.6) is 0 Å². The molecule has 1 aliphatic heterocycles. The first-order chi connectivity index (χ1) is 7.56. The molecule has 1 atom stereocenters. The molecule has 1 fully saturated rings. The van der Waals surface area contributed by atoms with Crippen molar-refractivity contribution in [2.75, 3.05) is 7.11 Å². The van der Waals surface area contributed by atoms with E-state index in [9.17, 15) is 4.79 Å². The number of carbonyl (C=O) groups excluding carboxylic acids is 1. The van der Waals surface area contributed by atoms with Gasteiger partial charge in [-0.1, -0.05) is 30.3 Å². The Morgan fingerprint density at radius 3 is 2.44 bits per heavy atom. The van der Waals surface area contributed by atoms with Gasteiger partial charge in [0.1, 0.15) is 11.7 Å². The fraction of sp³-hybridized carbons (Fsp3) is 0.417. The molecule has 0 spiro atoms. The van der Waals surface area contributed by atoms with E-state index in [1.807, 2.05) is 44.2 Å². The van der Waals surface area contributed by atoms with E-state index in [0.717, 1.165) is 5.56 Å². The zero-order chi connectivity index (χ0) is 11.8. The van der Waals surface area contributed by atoms with E-state index in [4.69, 9.17) is 4.84 Å². The van der Waals surface area contributed by atoms with Gasteiger partial charge in [0.05, 0.1) is 7.11 Å². The number of hydrogen-bond acceptors (Lipinski definition) is 3. The van der Waals surface area contributed by atoms with Crippen LogP contribution >= 0.6 is 0 Å². The van der Waals surface area contributed by atoms with Crippen LogP contribution in [-0.2, 0) is 9.63 Å². The van der Waals surface area contributed by atoms with Crippen LogP contribution in [0.2, 0.25) is 0 Å². The fourth-order valence-electron chi connectivity index (χ4n) is 2.06. The molecule has 1 N–H and O–H groups in total. The summed E-state index contributed by atoms with van der Waals surface area (Å²) in [6.45, 7) is 3.83. The topological polar surface area (TPSA) is 41.6 Å². The molecule has 0 aromatic heterocycles. The van der Waals surface area contributed by atoms with Gasteiger partial charge in [0.25, 0.3) is 5.91 Å². The molecule has 1 saturated heterocycles. The van der Waals surface area contributed by atoms with Crippen LogP contribution in [0.3, 0.4) is 0 Å². The maximum atomic E-state index is 12.1. The molecule has 0 aliphatic carbocycles. The summed E-state index contributed by atoms with van der Waals surface area (Å²) >= 11 is 0. The van der Waals surface area contributed by atoms with Crippen molar-refractivity contribution in [3.8, 4) is 0 Å². The Morgan fingerprint density at radius 1 is 1.31 bits per heavy atom. The molecule has 1 aliphatic rings. The van der Waals surface area contributed by atoms with E-state index in [2.05, 4.69) is 5.32 Å². The molecule has 16 heavy (non-hydrogen) atoms. The number of hydrogen-bond donors (Lipinski definition) is 1. The Morgan fingerprint density at radius 2 is 1.94 bits per heavy atom. The van der Waals surface area contributed by atoms with Gasteiger partial charge in [-0.3, -0.25) is 14.9 Å². The Hall–Kier alpha value is -1.39. The summed E-state index contributed by atoms with van der Waals surface area (Å²) in [6.07, 6.45) is 0. The highest BCUT2D eigenvalue weighted by atomic mass is 16.7. The van der Waals surface area contributed by atoms with Crippen molar-refractivity contribution in [2.24, 2.45) is 0 Å². The van der Waals surface area contributed by atoms with Crippen molar-refractivity contribution in [1.82, 2.24) is 10.4 Å². The van der Waals surface area contributed by atoms with Crippen LogP contribution in [0.15, 0.2) is 30.3 Å². The highest BCUT2D eigenvalue weighted by Gasteiger charge is 2.45. The lowest BCUT2D eigenvalue weighted by Crippen LogP contribution is -2.46. The van der Waals surface area contributed by atoms with Crippen molar-refractivity contribution < 1.29 is 9.63 Å². The SMILES string of the molecule is CON1C(=O)[C@H](c2ccccc2)NC1(C)C. The van der Waals surface area contributed by atoms with E-state index in [1.54, 1.807) is 0 Å². The van der Waals surface area contributed by atoms with Gasteiger partial charge >= 0.3 is 0 Å². The molecule has 86 valence electrons. The molecule has 0 radical (unpaired) electrons. The highest BCUT2D eigenvalue weighted by molar-refractivity contribution is 5.85. The lowest BCUT2D eigenvalue weighted by molar-refractivity contribution is -0.192. The predicted octanol–water partition coefficient (Wildman–Crippen LogP) is 1.46. The molecule has 0 bridgehead atoms. The molecule has 1 heterocycles. The van der Waals surface area contributed by atoms with Gasteiger partial charge in [0.15, 0.2) is 0 Å². The predicted molar refractivity (Wildman–Crippen MR) is 60.3 cm³/mol. The van der Waals surface area contributed by atoms with Gasteiger partial charge in [0, 0.05) is 0 Å². The van der Waals surface area contributed by atoms with E-state index < -0.39 is 5.66 Å². The van der Waals surface area contributed by atoms with Crippen molar-refractivity contribution in [1.29, 1.82) is 0 Å². The standard InChI is InChI=1S/C12H16N2O2/c1-12(2)13-10(11(15)14(12)16-3)9-7-5-4-6-8-9/h4-8,10,13H,1-3H3/t10-/m0/s1. The van der Waals surface area contributed by atoms with Crippen LogP contribution in [0.1, 0.15) is 25.5 Å². The highest BCUT2D eigenvalue weighted by Crippen LogP contribution is 2.29. The second-order valence-electron chi connectivity index (χ2n) is 4.36. The summed E-state index contributed by atoms with van der Waals surface area (Å²) in [5.41, 5.74) is 0.479. The fourth-order valence-corrected chi connectivity index (χ4v) is 2.06. The molecule has 1 aromatic rings. The number of benzene rings is 1. The summed E-state index contributed by atoms with van der Waals surface area (Å²) in [6, 6.07) is 9.33. The van der Waals surface area contributed by atoms with E-state index in [0.29, 0.717) is 0 Å². The summed E-state index contributed by atoms with van der Waals surface area (Å²) in [5, 5.41) is 4.63. The van der Waals surface area contributed by atoms with Crippen LogP contribution in [-0.4, -0.2) is 23.7 Å². The maximum Gasteiger partial charge on any atom is 0.269 e. The van der Waals surface area contributed by atoms with Crippen LogP contribution in [0, 0.1) is 0 Å². The number of nitrogens with zero attached hydrogens (tertiary/aromatic N) is 1. The lowest BCUT2D eigenvalue weighted by atomic mass is 10.1. The van der Waals surface area contributed by atoms with Gasteiger partial charge in [-0.25, -0.2) is 0 Å². The Labute approximate surface area is 95.2 Å². The second kappa shape index (κ2) is 3.88. The Kier molecular flexibility index (Phi) is 2.69. The van der Waals surface area contributed by atoms with Crippen molar-refractivity contribution in [2.45, 2.75) is 25.6 Å². The van der Waals surface area contributed by atoms with Gasteiger partial charge in [-0.2, -0.15) is 5.06 Å². The van der Waals surface area contributed by atoms with E-state index >= 15 is 0 Å². The molecular formula is C12H16N2O2. The van der Waals surface area contributed by atoms with Crippen molar-refractivity contribution >= 4 is 5.91 Å². The summed E-state index contributed by atoms with van der Waals surface area (Å²) in [5.74, 6) is -0.0568. The zero-order valence-corrected chi connectivity index (χ0v) is 9.73. The largest absolute Gasteiger partial charge is 0.278 e. The van der Waals surface area contributed by atoms with Gasteiger partial charge in [0.2, 0.25) is 0 Å². The molecular weight excluding hydrogens is 204 g/mol. The van der Waals surface area contributed by atoms with Gasteiger partial charge in [-0.05, 0) is 19.4 Å². The minimum Gasteiger partial charge on any atom is -0.278 e. The maximum absolute atomic E-state index is 12.1. The molecule has 1 aromatic carbocycles. The monoisotopic (exact) mass is 220 g/mol. The first kappa shape index (κ1) is 11.1. The third-order valence-corrected chi connectivity index (χ3v) is 2.77. The minimum atomic E-state index is -0.480. The number of carbonyl (C=O) groups is 1. The first-order valence-corrected chi connectivity index (χ1v) is 5.27. The molecule has 1 amide bonds. The van der Waals surface area contributed by atoms with Gasteiger partial charge < -0.3 is 0 Å². The number of nitrogens with one attached hydrogen (secondary N) is 1. The van der Waals surface area contributed by atoms with Crippen molar-refractivity contribution in [3.05, 3.63) is 35.9 Å². The van der Waals surface area contributed by atoms with E-state index in [1.165, 1.54) is 12.2 Å². The number of hydroxylamine groups is 2. The summed E-state index contributed by atoms with van der Waals surface area (Å²) in [4.78, 5) is 17.2. The van der Waals surface area contributed by atoms with Crippen molar-refractivity contribution in [3.63, 3.8) is 0 Å². The molecule has 4 nitrogen and oxygen atoms in total. The lowest BCUT2D eigenvalue weighted by Gasteiger charge is -2.27. The molecule has 2 rings (SSSR count). The third-order valence-electron chi connectivity index (χ3n) is 2.77. The normalized spacial score (nSPS) is 23.8. The third kappa shape index (κ3) is 1.70. The van der Waals surface area contributed by atoms with Crippen LogP contribution in [0.25, 0.3) is 0 Å². The molecule has 0 saturated carbocycles. The molecule has 0 unspecified atom stereocenters. The Bertz CT molecular complexity index is 389. The Balaban J connectivity index is 2.30. The minimum absolute atomic E-state index is 0.0568. The van der Waals surface area contributed by atoms with Gasteiger partial charge in [-0.15, -0.1) is 0 Å². The molecule has 4 heteroatoms. The zero-order valence-electron chi connectivity index (χ0n) is 9.73. The summed E-state index contributed by atoms with van der Waals surface area (Å²) in [7, 11) is 1.51. The first-order valence-electron chi connectivity index (χ1n) is 5.27. The number of rotatable bonds is 2. The quantitative estimate of drug-likeness (QED) is 0.820.